The van der Waals surface area contributed by atoms with E-state index in [1.807, 2.05) is 0 Å². The molecular formula is C13H18N6OS. The van der Waals surface area contributed by atoms with Crippen molar-refractivity contribution in [1.82, 2.24) is 25.7 Å². The zero-order valence-corrected chi connectivity index (χ0v) is 12.9. The third-order valence-corrected chi connectivity index (χ3v) is 4.15. The second-order valence-electron chi connectivity index (χ2n) is 5.51. The van der Waals surface area contributed by atoms with Gasteiger partial charge in [0.15, 0.2) is 5.69 Å². The lowest BCUT2D eigenvalue weighted by Crippen LogP contribution is -2.25. The fraction of sp³-hybridized carbons (Fsp3) is 0.538. The molecule has 0 aromatic carbocycles. The predicted molar refractivity (Wildman–Crippen MR) is 80.4 cm³/mol. The molecule has 3 N–H and O–H groups in total. The van der Waals surface area contributed by atoms with Gasteiger partial charge in [-0.25, -0.2) is 0 Å². The van der Waals surface area contributed by atoms with Gasteiger partial charge in [0.1, 0.15) is 5.01 Å². The summed E-state index contributed by atoms with van der Waals surface area (Å²) >= 11 is 1.42. The van der Waals surface area contributed by atoms with Crippen LogP contribution in [0, 0.1) is 5.92 Å². The molecule has 2 aromatic heterocycles. The Bertz CT molecular complexity index is 647. The zero-order chi connectivity index (χ0) is 14.8. The Morgan fingerprint density at radius 1 is 1.43 bits per heavy atom. The molecule has 0 fully saturated rings. The summed E-state index contributed by atoms with van der Waals surface area (Å²) in [6.07, 6.45) is 1.74. The first kappa shape index (κ1) is 14.2. The molecule has 0 radical (unpaired) electrons. The average Bonchev–Trinajstić information content (AvgIpc) is 3.04. The number of aromatic nitrogens is 4. The van der Waals surface area contributed by atoms with Crippen molar-refractivity contribution in [2.24, 2.45) is 5.92 Å². The van der Waals surface area contributed by atoms with Gasteiger partial charge in [0, 0.05) is 37.2 Å². The Labute approximate surface area is 126 Å². The van der Waals surface area contributed by atoms with Crippen LogP contribution < -0.4 is 10.6 Å². The van der Waals surface area contributed by atoms with Crippen molar-refractivity contribution >= 4 is 22.4 Å². The van der Waals surface area contributed by atoms with Gasteiger partial charge in [-0.15, -0.1) is 10.2 Å². The van der Waals surface area contributed by atoms with E-state index < -0.39 is 0 Å². The molecule has 7 nitrogen and oxygen atoms in total. The van der Waals surface area contributed by atoms with E-state index in [4.69, 9.17) is 0 Å². The van der Waals surface area contributed by atoms with E-state index in [0.717, 1.165) is 35.7 Å². The molecule has 0 bridgehead atoms. The van der Waals surface area contributed by atoms with Crippen molar-refractivity contribution in [3.05, 3.63) is 22.0 Å². The fourth-order valence-corrected chi connectivity index (χ4v) is 3.25. The van der Waals surface area contributed by atoms with Gasteiger partial charge in [-0.1, -0.05) is 25.2 Å². The van der Waals surface area contributed by atoms with Crippen LogP contribution in [0.4, 0.5) is 5.13 Å². The molecule has 0 spiro atoms. The van der Waals surface area contributed by atoms with Crippen LogP contribution >= 0.6 is 11.3 Å². The van der Waals surface area contributed by atoms with Gasteiger partial charge in [0.05, 0.1) is 0 Å². The van der Waals surface area contributed by atoms with Crippen molar-refractivity contribution in [3.63, 3.8) is 0 Å². The molecule has 0 unspecified atom stereocenters. The number of nitrogens with one attached hydrogen (secondary N) is 3. The molecule has 0 saturated carbocycles. The topological polar surface area (TPSA) is 95.6 Å². The van der Waals surface area contributed by atoms with E-state index in [0.29, 0.717) is 23.3 Å². The first-order valence-corrected chi connectivity index (χ1v) is 7.85. The molecule has 0 aliphatic carbocycles. The van der Waals surface area contributed by atoms with Crippen molar-refractivity contribution in [3.8, 4) is 0 Å². The first-order valence-electron chi connectivity index (χ1n) is 7.04. The van der Waals surface area contributed by atoms with Gasteiger partial charge in [-0.3, -0.25) is 15.2 Å². The fourth-order valence-electron chi connectivity index (χ4n) is 2.31. The maximum Gasteiger partial charge on any atom is 0.278 e. The second kappa shape index (κ2) is 5.90. The summed E-state index contributed by atoms with van der Waals surface area (Å²) in [5.41, 5.74) is 2.43. The van der Waals surface area contributed by atoms with E-state index in [9.17, 15) is 4.79 Å². The van der Waals surface area contributed by atoms with Crippen molar-refractivity contribution in [1.29, 1.82) is 0 Å². The minimum atomic E-state index is -0.233. The normalized spacial score (nSPS) is 14.2. The number of carbonyl (C=O) groups is 1. The number of anilines is 1. The SMILES string of the molecule is CC(C)Cc1nnc(NC(=O)c2n[nH]c3c2CNCC3)s1. The number of rotatable bonds is 4. The summed E-state index contributed by atoms with van der Waals surface area (Å²) in [5.74, 6) is 0.286. The highest BCUT2D eigenvalue weighted by molar-refractivity contribution is 7.15. The van der Waals surface area contributed by atoms with E-state index in [1.54, 1.807) is 0 Å². The van der Waals surface area contributed by atoms with Crippen LogP contribution in [0.2, 0.25) is 0 Å². The van der Waals surface area contributed by atoms with Gasteiger partial charge >= 0.3 is 0 Å². The van der Waals surface area contributed by atoms with Gasteiger partial charge < -0.3 is 5.32 Å². The van der Waals surface area contributed by atoms with Gasteiger partial charge in [-0.05, 0) is 5.92 Å². The minimum Gasteiger partial charge on any atom is -0.312 e. The predicted octanol–water partition coefficient (Wildman–Crippen LogP) is 1.36. The number of fused-ring (bicyclic) bond motifs is 1. The molecule has 0 atom stereocenters. The van der Waals surface area contributed by atoms with Crippen LogP contribution in [0.3, 0.4) is 0 Å². The lowest BCUT2D eigenvalue weighted by Gasteiger charge is -2.12. The quantitative estimate of drug-likeness (QED) is 0.792. The third kappa shape index (κ3) is 3.11. The third-order valence-electron chi connectivity index (χ3n) is 3.29. The minimum absolute atomic E-state index is 0.233. The Morgan fingerprint density at radius 2 is 2.29 bits per heavy atom. The molecule has 8 heteroatoms. The van der Waals surface area contributed by atoms with Crippen LogP contribution in [-0.4, -0.2) is 32.8 Å². The van der Waals surface area contributed by atoms with E-state index in [1.165, 1.54) is 11.3 Å². The Kier molecular flexibility index (Phi) is 3.98. The van der Waals surface area contributed by atoms with E-state index in [2.05, 4.69) is 44.9 Å². The Morgan fingerprint density at radius 3 is 3.10 bits per heavy atom. The van der Waals surface area contributed by atoms with Crippen molar-refractivity contribution in [2.45, 2.75) is 33.2 Å². The molecule has 3 heterocycles. The Hall–Kier alpha value is -1.80. The lowest BCUT2D eigenvalue weighted by atomic mass is 10.1. The number of nitrogens with zero attached hydrogens (tertiary/aromatic N) is 3. The van der Waals surface area contributed by atoms with Gasteiger partial charge in [0.25, 0.3) is 5.91 Å². The first-order chi connectivity index (χ1) is 10.1. The number of hydrogen-bond donors (Lipinski definition) is 3. The number of H-pyrrole nitrogens is 1. The highest BCUT2D eigenvalue weighted by Gasteiger charge is 2.22. The summed E-state index contributed by atoms with van der Waals surface area (Å²) in [7, 11) is 0. The lowest BCUT2D eigenvalue weighted by molar-refractivity contribution is 0.102. The van der Waals surface area contributed by atoms with Crippen LogP contribution in [0.25, 0.3) is 0 Å². The summed E-state index contributed by atoms with van der Waals surface area (Å²) < 4.78 is 0. The van der Waals surface area contributed by atoms with E-state index in [-0.39, 0.29) is 5.91 Å². The molecule has 1 amide bonds. The Balaban J connectivity index is 1.71. The average molecular weight is 306 g/mol. The largest absolute Gasteiger partial charge is 0.312 e. The number of hydrogen-bond acceptors (Lipinski definition) is 6. The van der Waals surface area contributed by atoms with Crippen LogP contribution in [-0.2, 0) is 19.4 Å². The zero-order valence-electron chi connectivity index (χ0n) is 12.1. The maximum absolute atomic E-state index is 12.3. The van der Waals surface area contributed by atoms with Crippen molar-refractivity contribution in [2.75, 3.05) is 11.9 Å². The highest BCUT2D eigenvalue weighted by Crippen LogP contribution is 2.20. The molecule has 1 aliphatic rings. The monoisotopic (exact) mass is 306 g/mol. The summed E-state index contributed by atoms with van der Waals surface area (Å²) in [5, 5.41) is 22.7. The van der Waals surface area contributed by atoms with Crippen LogP contribution in [0.1, 0.15) is 40.6 Å². The molecule has 112 valence electrons. The second-order valence-corrected chi connectivity index (χ2v) is 6.57. The number of amides is 1. The van der Waals surface area contributed by atoms with Crippen LogP contribution in [0.15, 0.2) is 0 Å². The smallest absolute Gasteiger partial charge is 0.278 e. The van der Waals surface area contributed by atoms with Gasteiger partial charge in [0.2, 0.25) is 5.13 Å². The molecule has 2 aromatic rings. The molecule has 21 heavy (non-hydrogen) atoms. The highest BCUT2D eigenvalue weighted by atomic mass is 32.1. The summed E-state index contributed by atoms with van der Waals surface area (Å²) in [6.45, 7) is 5.83. The molecule has 1 aliphatic heterocycles. The van der Waals surface area contributed by atoms with Crippen molar-refractivity contribution < 1.29 is 4.79 Å². The number of carbonyl (C=O) groups excluding carboxylic acids is 1. The molecular weight excluding hydrogens is 288 g/mol. The summed E-state index contributed by atoms with van der Waals surface area (Å²) in [4.78, 5) is 12.3. The molecule has 0 saturated heterocycles. The molecule has 3 rings (SSSR count). The number of aromatic amines is 1. The van der Waals surface area contributed by atoms with E-state index >= 15 is 0 Å². The maximum atomic E-state index is 12.3. The standard InChI is InChI=1S/C13H18N6OS/c1-7(2)5-10-17-19-13(21-10)15-12(20)11-8-6-14-4-3-9(8)16-18-11/h7,14H,3-6H2,1-2H3,(H,16,18)(H,15,19,20). The van der Waals surface area contributed by atoms with Gasteiger partial charge in [-0.2, -0.15) is 5.10 Å². The summed E-state index contributed by atoms with van der Waals surface area (Å²) in [6, 6.07) is 0. The van der Waals surface area contributed by atoms with Crippen LogP contribution in [0.5, 0.6) is 0 Å².